The van der Waals surface area contributed by atoms with E-state index in [2.05, 4.69) is 25.7 Å². The van der Waals surface area contributed by atoms with Gasteiger partial charge in [-0.1, -0.05) is 50.7 Å². The van der Waals surface area contributed by atoms with Gasteiger partial charge in [0, 0.05) is 12.4 Å². The van der Waals surface area contributed by atoms with Gasteiger partial charge < -0.3 is 14.6 Å². The predicted molar refractivity (Wildman–Crippen MR) is 131 cm³/mol. The number of carbonyl (C=O) groups is 2. The summed E-state index contributed by atoms with van der Waals surface area (Å²) in [7, 11) is 1.34. The highest BCUT2D eigenvalue weighted by atomic mass is 16.5. The number of imidazole rings is 1. The van der Waals surface area contributed by atoms with Crippen molar-refractivity contribution in [2.24, 2.45) is 5.92 Å². The van der Waals surface area contributed by atoms with Gasteiger partial charge in [-0.2, -0.15) is 0 Å². The third-order valence-electron chi connectivity index (χ3n) is 7.52. The number of benzene rings is 1. The molecule has 2 aromatic rings. The molecule has 1 aromatic heterocycles. The number of anilines is 1. The van der Waals surface area contributed by atoms with Crippen LogP contribution in [0, 0.1) is 12.8 Å². The Morgan fingerprint density at radius 2 is 1.85 bits per heavy atom. The molecule has 1 saturated heterocycles. The number of amides is 1. The van der Waals surface area contributed by atoms with Crippen LogP contribution in [0.15, 0.2) is 36.9 Å². The van der Waals surface area contributed by atoms with Crippen molar-refractivity contribution in [1.82, 2.24) is 20.4 Å². The van der Waals surface area contributed by atoms with Crippen LogP contribution in [0.3, 0.4) is 0 Å². The molecule has 0 bridgehead atoms. The average Bonchev–Trinajstić information content (AvgIpc) is 3.44. The fraction of sp³-hybridized carbons (Fsp3) is 0.577. The van der Waals surface area contributed by atoms with Gasteiger partial charge in [0.1, 0.15) is 11.7 Å². The monoisotopic (exact) mass is 467 g/mol. The molecule has 8 nitrogen and oxygen atoms in total. The molecule has 3 N–H and O–H groups in total. The molecule has 8 heteroatoms. The number of aromatic nitrogens is 2. The first-order chi connectivity index (χ1) is 16.5. The normalized spacial score (nSPS) is 24.5. The van der Waals surface area contributed by atoms with E-state index in [0.29, 0.717) is 23.6 Å². The molecule has 0 spiro atoms. The summed E-state index contributed by atoms with van der Waals surface area (Å²) in [5, 5.41) is 2.97. The van der Waals surface area contributed by atoms with Crippen LogP contribution in [0.1, 0.15) is 80.1 Å². The SMILES string of the molecule is COC(=O)c1cccc(C)c1NC(=O)C1CCC(C2CCCCCCCC2)(n2ccnc2)NN1. The van der Waals surface area contributed by atoms with Crippen molar-refractivity contribution in [1.29, 1.82) is 0 Å². The molecule has 2 unspecified atom stereocenters. The molecule has 2 heterocycles. The summed E-state index contributed by atoms with van der Waals surface area (Å²) < 4.78 is 7.08. The Hall–Kier alpha value is -2.71. The minimum atomic E-state index is -0.465. The van der Waals surface area contributed by atoms with Crippen molar-refractivity contribution in [2.75, 3.05) is 12.4 Å². The van der Waals surface area contributed by atoms with Gasteiger partial charge in [0.05, 0.1) is 24.7 Å². The molecule has 0 radical (unpaired) electrons. The van der Waals surface area contributed by atoms with E-state index in [9.17, 15) is 9.59 Å². The highest BCUT2D eigenvalue weighted by Gasteiger charge is 2.44. The second-order valence-electron chi connectivity index (χ2n) is 9.63. The number of ether oxygens (including phenoxy) is 1. The summed E-state index contributed by atoms with van der Waals surface area (Å²) in [4.78, 5) is 29.7. The Bertz CT molecular complexity index is 957. The van der Waals surface area contributed by atoms with Gasteiger partial charge >= 0.3 is 5.97 Å². The van der Waals surface area contributed by atoms with Crippen molar-refractivity contribution in [3.8, 4) is 0 Å². The maximum Gasteiger partial charge on any atom is 0.339 e. The van der Waals surface area contributed by atoms with Crippen LogP contribution in [0.2, 0.25) is 0 Å². The van der Waals surface area contributed by atoms with Crippen molar-refractivity contribution in [2.45, 2.75) is 82.8 Å². The van der Waals surface area contributed by atoms with Crippen LogP contribution in [0.4, 0.5) is 5.69 Å². The fourth-order valence-corrected chi connectivity index (χ4v) is 5.55. The molecular weight excluding hydrogens is 430 g/mol. The standard InChI is InChI=1S/C26H37N5O3/c1-19-10-9-13-21(25(33)34-2)23(19)28-24(32)22-14-15-26(30-29-22,31-17-16-27-18-31)20-11-7-5-3-4-6-8-12-20/h9-10,13,16-18,20,22,29-30H,3-8,11-12,14-15H2,1-2H3,(H,28,32). The molecule has 2 fully saturated rings. The summed E-state index contributed by atoms with van der Waals surface area (Å²) in [5.74, 6) is -0.174. The lowest BCUT2D eigenvalue weighted by molar-refractivity contribution is -0.120. The van der Waals surface area contributed by atoms with Crippen LogP contribution < -0.4 is 16.2 Å². The first-order valence-corrected chi connectivity index (χ1v) is 12.5. The van der Waals surface area contributed by atoms with Crippen LogP contribution in [0.5, 0.6) is 0 Å². The summed E-state index contributed by atoms with van der Waals surface area (Å²) in [6.07, 6.45) is 17.2. The zero-order valence-corrected chi connectivity index (χ0v) is 20.3. The maximum atomic E-state index is 13.2. The molecular formula is C26H37N5O3. The number of esters is 1. The number of nitrogens with zero attached hydrogens (tertiary/aromatic N) is 2. The van der Waals surface area contributed by atoms with Crippen LogP contribution in [-0.4, -0.2) is 34.6 Å². The highest BCUT2D eigenvalue weighted by molar-refractivity contribution is 6.03. The molecule has 1 aromatic carbocycles. The van der Waals surface area contributed by atoms with E-state index in [4.69, 9.17) is 4.74 Å². The van der Waals surface area contributed by atoms with Crippen LogP contribution in [-0.2, 0) is 15.2 Å². The van der Waals surface area contributed by atoms with Gasteiger partial charge in [-0.05, 0) is 50.2 Å². The molecule has 1 saturated carbocycles. The van der Waals surface area contributed by atoms with E-state index in [1.807, 2.05) is 31.7 Å². The van der Waals surface area contributed by atoms with Crippen molar-refractivity contribution in [3.05, 3.63) is 48.0 Å². The molecule has 2 aliphatic rings. The zero-order chi connectivity index (χ0) is 24.0. The number of carbonyl (C=O) groups excluding carboxylic acids is 2. The number of methoxy groups -OCH3 is 1. The summed E-state index contributed by atoms with van der Waals surface area (Å²) in [5.41, 5.74) is 8.27. The molecule has 4 rings (SSSR count). The number of hydrazine groups is 1. The third kappa shape index (κ3) is 5.18. The van der Waals surface area contributed by atoms with Gasteiger partial charge in [0.15, 0.2) is 0 Å². The lowest BCUT2D eigenvalue weighted by atomic mass is 9.79. The molecule has 34 heavy (non-hydrogen) atoms. The number of rotatable bonds is 5. The Morgan fingerprint density at radius 3 is 2.47 bits per heavy atom. The van der Waals surface area contributed by atoms with Crippen molar-refractivity contribution < 1.29 is 14.3 Å². The van der Waals surface area contributed by atoms with Gasteiger partial charge in [0.25, 0.3) is 0 Å². The quantitative estimate of drug-likeness (QED) is 0.568. The Balaban J connectivity index is 1.50. The lowest BCUT2D eigenvalue weighted by Crippen LogP contribution is -2.65. The topological polar surface area (TPSA) is 97.3 Å². The predicted octanol–water partition coefficient (Wildman–Crippen LogP) is 4.28. The second kappa shape index (κ2) is 11.1. The van der Waals surface area contributed by atoms with E-state index in [1.54, 1.807) is 12.1 Å². The van der Waals surface area contributed by atoms with Crippen molar-refractivity contribution in [3.63, 3.8) is 0 Å². The van der Waals surface area contributed by atoms with E-state index >= 15 is 0 Å². The molecule has 2 atom stereocenters. The van der Waals surface area contributed by atoms with Crippen molar-refractivity contribution >= 4 is 17.6 Å². The number of aryl methyl sites for hydroxylation is 1. The largest absolute Gasteiger partial charge is 0.465 e. The summed E-state index contributed by atoms with van der Waals surface area (Å²) >= 11 is 0. The third-order valence-corrected chi connectivity index (χ3v) is 7.52. The summed E-state index contributed by atoms with van der Waals surface area (Å²) in [6, 6.07) is 4.91. The number of nitrogens with one attached hydrogen (secondary N) is 3. The van der Waals surface area contributed by atoms with Crippen LogP contribution >= 0.6 is 0 Å². The minimum absolute atomic E-state index is 0.166. The summed E-state index contributed by atoms with van der Waals surface area (Å²) in [6.45, 7) is 1.87. The molecule has 1 aliphatic carbocycles. The maximum absolute atomic E-state index is 13.2. The Labute approximate surface area is 201 Å². The molecule has 1 aliphatic heterocycles. The molecule has 1 amide bonds. The Morgan fingerprint density at radius 1 is 1.12 bits per heavy atom. The number of hydrogen-bond donors (Lipinski definition) is 3. The first-order valence-electron chi connectivity index (χ1n) is 12.5. The smallest absolute Gasteiger partial charge is 0.339 e. The van der Waals surface area contributed by atoms with E-state index in [-0.39, 0.29) is 11.6 Å². The average molecular weight is 468 g/mol. The second-order valence-corrected chi connectivity index (χ2v) is 9.63. The minimum Gasteiger partial charge on any atom is -0.465 e. The van der Waals surface area contributed by atoms with E-state index in [0.717, 1.165) is 24.8 Å². The van der Waals surface area contributed by atoms with Gasteiger partial charge in [-0.25, -0.2) is 20.6 Å². The van der Waals surface area contributed by atoms with Gasteiger partial charge in [0.2, 0.25) is 5.91 Å². The van der Waals surface area contributed by atoms with Gasteiger partial charge in [-0.3, -0.25) is 4.79 Å². The number of hydrogen-bond acceptors (Lipinski definition) is 6. The molecule has 184 valence electrons. The highest BCUT2D eigenvalue weighted by Crippen LogP contribution is 2.39. The lowest BCUT2D eigenvalue weighted by Gasteiger charge is -2.47. The number of para-hydroxylation sites is 1. The Kier molecular flexibility index (Phi) is 8.00. The van der Waals surface area contributed by atoms with E-state index < -0.39 is 12.0 Å². The van der Waals surface area contributed by atoms with Crippen LogP contribution in [0.25, 0.3) is 0 Å². The fourth-order valence-electron chi connectivity index (χ4n) is 5.55. The van der Waals surface area contributed by atoms with Gasteiger partial charge in [-0.15, -0.1) is 0 Å². The zero-order valence-electron chi connectivity index (χ0n) is 20.3. The van der Waals surface area contributed by atoms with E-state index in [1.165, 1.54) is 45.6 Å². The first kappa shape index (κ1) is 24.4.